The summed E-state index contributed by atoms with van der Waals surface area (Å²) in [6, 6.07) is 5.97. The van der Waals surface area contributed by atoms with Crippen LogP contribution in [-0.2, 0) is 4.79 Å². The van der Waals surface area contributed by atoms with Gasteiger partial charge in [0.2, 0.25) is 5.91 Å². The third-order valence-corrected chi connectivity index (χ3v) is 2.95. The number of benzene rings is 1. The first kappa shape index (κ1) is 12.6. The van der Waals surface area contributed by atoms with Crippen LogP contribution in [0.2, 0.25) is 0 Å². The van der Waals surface area contributed by atoms with Gasteiger partial charge < -0.3 is 10.3 Å². The van der Waals surface area contributed by atoms with Gasteiger partial charge in [-0.2, -0.15) is 0 Å². The van der Waals surface area contributed by atoms with Gasteiger partial charge >= 0.3 is 0 Å². The number of hydrogen-bond acceptors (Lipinski definition) is 2. The summed E-state index contributed by atoms with van der Waals surface area (Å²) >= 11 is 0. The minimum Gasteiger partial charge on any atom is -0.346 e. The highest BCUT2D eigenvalue weighted by atomic mass is 16.1. The molecule has 96 valence electrons. The molecule has 18 heavy (non-hydrogen) atoms. The Hall–Kier alpha value is -1.84. The molecule has 4 heteroatoms. The molecule has 0 aliphatic heterocycles. The van der Waals surface area contributed by atoms with Gasteiger partial charge in [-0.3, -0.25) is 4.79 Å². The zero-order valence-corrected chi connectivity index (χ0v) is 11.2. The fraction of sp³-hybridized carbons (Fsp3) is 0.429. The van der Waals surface area contributed by atoms with Crippen LogP contribution in [0.1, 0.15) is 38.2 Å². The van der Waals surface area contributed by atoms with Gasteiger partial charge in [0.1, 0.15) is 5.82 Å². The lowest BCUT2D eigenvalue weighted by Gasteiger charge is -2.13. The fourth-order valence-electron chi connectivity index (χ4n) is 1.80. The van der Waals surface area contributed by atoms with Crippen molar-refractivity contribution in [1.82, 2.24) is 15.3 Å². The zero-order chi connectivity index (χ0) is 13.3. The van der Waals surface area contributed by atoms with Crippen LogP contribution in [0.25, 0.3) is 11.0 Å². The summed E-state index contributed by atoms with van der Waals surface area (Å²) in [5, 5.41) is 2.94. The van der Waals surface area contributed by atoms with E-state index in [2.05, 4.69) is 21.4 Å². The number of nitrogens with one attached hydrogen (secondary N) is 2. The topological polar surface area (TPSA) is 57.8 Å². The highest BCUT2D eigenvalue weighted by Crippen LogP contribution is 2.17. The molecule has 0 fully saturated rings. The van der Waals surface area contributed by atoms with E-state index in [1.165, 1.54) is 5.56 Å². The van der Waals surface area contributed by atoms with Crippen molar-refractivity contribution in [3.05, 3.63) is 29.6 Å². The second-order valence-corrected chi connectivity index (χ2v) is 5.03. The highest BCUT2D eigenvalue weighted by molar-refractivity contribution is 5.79. The van der Waals surface area contributed by atoms with Gasteiger partial charge in [-0.05, 0) is 31.5 Å². The number of hydrogen-bond donors (Lipinski definition) is 2. The number of carbonyl (C=O) groups is 1. The van der Waals surface area contributed by atoms with Crippen LogP contribution in [0.4, 0.5) is 0 Å². The molecule has 2 N–H and O–H groups in total. The number of rotatable bonds is 3. The number of aromatic amines is 1. The van der Waals surface area contributed by atoms with Gasteiger partial charge in [0.25, 0.3) is 0 Å². The summed E-state index contributed by atoms with van der Waals surface area (Å²) < 4.78 is 0. The third kappa shape index (κ3) is 2.53. The second kappa shape index (κ2) is 4.80. The fourth-order valence-corrected chi connectivity index (χ4v) is 1.80. The van der Waals surface area contributed by atoms with Crippen LogP contribution in [0.3, 0.4) is 0 Å². The van der Waals surface area contributed by atoms with Gasteiger partial charge in [-0.15, -0.1) is 0 Å². The monoisotopic (exact) mass is 245 g/mol. The maximum atomic E-state index is 11.6. The molecule has 4 nitrogen and oxygen atoms in total. The average Bonchev–Trinajstić information content (AvgIpc) is 2.71. The lowest BCUT2D eigenvalue weighted by atomic mass is 10.2. The summed E-state index contributed by atoms with van der Waals surface area (Å²) in [5.74, 6) is 0.822. The Labute approximate surface area is 107 Å². The molecule has 0 aliphatic rings. The lowest BCUT2D eigenvalue weighted by Crippen LogP contribution is -2.30. The van der Waals surface area contributed by atoms with Crippen molar-refractivity contribution in [2.75, 3.05) is 0 Å². The van der Waals surface area contributed by atoms with E-state index in [1.807, 2.05) is 39.8 Å². The van der Waals surface area contributed by atoms with Crippen molar-refractivity contribution in [3.63, 3.8) is 0 Å². The molecular formula is C14H19N3O. The van der Waals surface area contributed by atoms with Gasteiger partial charge in [0.15, 0.2) is 0 Å². The van der Waals surface area contributed by atoms with Crippen molar-refractivity contribution in [2.45, 2.75) is 33.7 Å². The molecule has 1 aromatic carbocycles. The summed E-state index contributed by atoms with van der Waals surface area (Å²) in [6.45, 7) is 7.74. The van der Waals surface area contributed by atoms with E-state index in [0.717, 1.165) is 16.9 Å². The van der Waals surface area contributed by atoms with Crippen LogP contribution in [0.5, 0.6) is 0 Å². The molecule has 1 amide bonds. The van der Waals surface area contributed by atoms with Gasteiger partial charge in [0, 0.05) is 5.92 Å². The Morgan fingerprint density at radius 1 is 1.33 bits per heavy atom. The van der Waals surface area contributed by atoms with Crippen LogP contribution in [0, 0.1) is 12.8 Å². The summed E-state index contributed by atoms with van der Waals surface area (Å²) in [7, 11) is 0. The van der Waals surface area contributed by atoms with E-state index < -0.39 is 0 Å². The van der Waals surface area contributed by atoms with E-state index in [1.54, 1.807) is 0 Å². The minimum absolute atomic E-state index is 0.0147. The summed E-state index contributed by atoms with van der Waals surface area (Å²) in [6.07, 6.45) is 0. The van der Waals surface area contributed by atoms with Crippen LogP contribution in [-0.4, -0.2) is 15.9 Å². The Morgan fingerprint density at radius 3 is 2.72 bits per heavy atom. The average molecular weight is 245 g/mol. The molecule has 1 atom stereocenters. The number of aryl methyl sites for hydroxylation is 1. The Kier molecular flexibility index (Phi) is 3.36. The molecule has 2 aromatic rings. The highest BCUT2D eigenvalue weighted by Gasteiger charge is 2.15. The van der Waals surface area contributed by atoms with E-state index in [0.29, 0.717) is 0 Å². The van der Waals surface area contributed by atoms with E-state index in [-0.39, 0.29) is 17.9 Å². The molecule has 0 radical (unpaired) electrons. The molecule has 1 unspecified atom stereocenters. The molecule has 1 aromatic heterocycles. The molecule has 1 heterocycles. The zero-order valence-electron chi connectivity index (χ0n) is 11.2. The predicted octanol–water partition coefficient (Wildman–Crippen LogP) is 2.70. The first-order valence-electron chi connectivity index (χ1n) is 6.24. The Balaban J connectivity index is 2.23. The molecule has 0 aliphatic carbocycles. The van der Waals surface area contributed by atoms with E-state index in [4.69, 9.17) is 0 Å². The Bertz CT molecular complexity index is 571. The molecule has 0 spiro atoms. The van der Waals surface area contributed by atoms with Gasteiger partial charge in [-0.25, -0.2) is 4.98 Å². The van der Waals surface area contributed by atoms with Crippen molar-refractivity contribution in [2.24, 2.45) is 5.92 Å². The molecular weight excluding hydrogens is 226 g/mol. The number of fused-ring (bicyclic) bond motifs is 1. The van der Waals surface area contributed by atoms with Gasteiger partial charge in [0.05, 0.1) is 17.1 Å². The van der Waals surface area contributed by atoms with Crippen molar-refractivity contribution in [3.8, 4) is 0 Å². The lowest BCUT2D eigenvalue weighted by molar-refractivity contribution is -0.124. The smallest absolute Gasteiger partial charge is 0.223 e. The number of imidazole rings is 1. The maximum absolute atomic E-state index is 11.6. The van der Waals surface area contributed by atoms with Crippen molar-refractivity contribution >= 4 is 16.9 Å². The Morgan fingerprint density at radius 2 is 2.06 bits per heavy atom. The molecule has 2 rings (SSSR count). The van der Waals surface area contributed by atoms with Crippen LogP contribution >= 0.6 is 0 Å². The quantitative estimate of drug-likeness (QED) is 0.873. The van der Waals surface area contributed by atoms with Crippen LogP contribution < -0.4 is 5.32 Å². The minimum atomic E-state index is -0.104. The number of H-pyrrole nitrogens is 1. The standard InChI is InChI=1S/C14H19N3O/c1-8(2)14(18)15-10(4)13-16-11-6-5-9(3)7-12(11)17-13/h5-8,10H,1-4H3,(H,15,18)(H,16,17). The normalized spacial score (nSPS) is 12.9. The third-order valence-electron chi connectivity index (χ3n) is 2.95. The molecule has 0 saturated heterocycles. The number of aromatic nitrogens is 2. The SMILES string of the molecule is Cc1ccc2nc(C(C)NC(=O)C(C)C)[nH]c2c1. The summed E-state index contributed by atoms with van der Waals surface area (Å²) in [4.78, 5) is 19.4. The van der Waals surface area contributed by atoms with Crippen molar-refractivity contribution in [1.29, 1.82) is 0 Å². The van der Waals surface area contributed by atoms with Crippen molar-refractivity contribution < 1.29 is 4.79 Å². The maximum Gasteiger partial charge on any atom is 0.223 e. The second-order valence-electron chi connectivity index (χ2n) is 5.03. The molecule has 0 bridgehead atoms. The van der Waals surface area contributed by atoms with E-state index >= 15 is 0 Å². The summed E-state index contributed by atoms with van der Waals surface area (Å²) in [5.41, 5.74) is 3.13. The largest absolute Gasteiger partial charge is 0.346 e. The van der Waals surface area contributed by atoms with Crippen LogP contribution in [0.15, 0.2) is 18.2 Å². The number of carbonyl (C=O) groups excluding carboxylic acids is 1. The van der Waals surface area contributed by atoms with Gasteiger partial charge in [-0.1, -0.05) is 19.9 Å². The number of nitrogens with zero attached hydrogens (tertiary/aromatic N) is 1. The number of amides is 1. The predicted molar refractivity (Wildman–Crippen MR) is 72.2 cm³/mol. The first-order chi connectivity index (χ1) is 8.47. The van der Waals surface area contributed by atoms with E-state index in [9.17, 15) is 4.79 Å². The first-order valence-corrected chi connectivity index (χ1v) is 6.24. The molecule has 0 saturated carbocycles.